The van der Waals surface area contributed by atoms with E-state index in [0.29, 0.717) is 12.2 Å². The highest BCUT2D eigenvalue weighted by atomic mass is 16.5. The zero-order valence-corrected chi connectivity index (χ0v) is 12.6. The molecule has 3 aliphatic rings. The van der Waals surface area contributed by atoms with Gasteiger partial charge in [-0.2, -0.15) is 0 Å². The molecule has 0 aromatic carbocycles. The molecule has 1 aliphatic carbocycles. The number of nitrogens with two attached hydrogens (primary N) is 1. The largest absolute Gasteiger partial charge is 0.372 e. The van der Waals surface area contributed by atoms with Crippen molar-refractivity contribution in [2.45, 2.75) is 70.1 Å². The van der Waals surface area contributed by atoms with Gasteiger partial charge in [-0.3, -0.25) is 4.90 Å². The lowest BCUT2D eigenvalue weighted by Gasteiger charge is -2.50. The maximum atomic E-state index is 6.22. The minimum atomic E-state index is 0.288. The molecule has 3 heteroatoms. The molecule has 2 heterocycles. The van der Waals surface area contributed by atoms with Crippen molar-refractivity contribution in [3.05, 3.63) is 0 Å². The van der Waals surface area contributed by atoms with Gasteiger partial charge in [0.2, 0.25) is 0 Å². The quantitative estimate of drug-likeness (QED) is 0.852. The third-order valence-electron chi connectivity index (χ3n) is 6.00. The molecule has 2 saturated heterocycles. The fourth-order valence-corrected chi connectivity index (χ4v) is 4.50. The number of fused-ring (bicyclic) bond motifs is 2. The van der Waals surface area contributed by atoms with Gasteiger partial charge in [0.15, 0.2) is 0 Å². The second-order valence-electron chi connectivity index (χ2n) is 7.37. The van der Waals surface area contributed by atoms with Crippen LogP contribution in [0.1, 0.15) is 52.4 Å². The van der Waals surface area contributed by atoms with Gasteiger partial charge in [0.25, 0.3) is 0 Å². The lowest BCUT2D eigenvalue weighted by atomic mass is 9.71. The minimum absolute atomic E-state index is 0.288. The molecule has 2 aliphatic heterocycles. The van der Waals surface area contributed by atoms with Crippen LogP contribution in [0.2, 0.25) is 0 Å². The molecule has 19 heavy (non-hydrogen) atoms. The second kappa shape index (κ2) is 5.34. The van der Waals surface area contributed by atoms with Crippen LogP contribution < -0.4 is 5.73 Å². The molecule has 1 saturated carbocycles. The van der Waals surface area contributed by atoms with Gasteiger partial charge in [0.1, 0.15) is 0 Å². The molecular weight excluding hydrogens is 236 g/mol. The van der Waals surface area contributed by atoms with E-state index in [2.05, 4.69) is 18.7 Å². The molecule has 0 amide bonds. The van der Waals surface area contributed by atoms with Gasteiger partial charge in [0, 0.05) is 25.2 Å². The first-order valence-electron chi connectivity index (χ1n) is 8.23. The average molecular weight is 266 g/mol. The van der Waals surface area contributed by atoms with Crippen LogP contribution in [0.5, 0.6) is 0 Å². The SMILES string of the molecule is CC(C)C1CCC(CN)(N2CC3CCC(C2)O3)CC1. The first kappa shape index (κ1) is 13.8. The summed E-state index contributed by atoms with van der Waals surface area (Å²) in [7, 11) is 0. The van der Waals surface area contributed by atoms with Crippen molar-refractivity contribution in [1.29, 1.82) is 0 Å². The summed E-state index contributed by atoms with van der Waals surface area (Å²) in [6.07, 6.45) is 8.82. The summed E-state index contributed by atoms with van der Waals surface area (Å²) in [5, 5.41) is 0. The van der Waals surface area contributed by atoms with Crippen molar-refractivity contribution in [3.8, 4) is 0 Å². The molecule has 3 nitrogen and oxygen atoms in total. The van der Waals surface area contributed by atoms with Gasteiger partial charge in [-0.05, 0) is 50.4 Å². The Morgan fingerprint density at radius 3 is 2.16 bits per heavy atom. The van der Waals surface area contributed by atoms with Crippen molar-refractivity contribution in [2.75, 3.05) is 19.6 Å². The van der Waals surface area contributed by atoms with E-state index in [0.717, 1.165) is 31.5 Å². The van der Waals surface area contributed by atoms with E-state index >= 15 is 0 Å². The van der Waals surface area contributed by atoms with Crippen LogP contribution in [-0.2, 0) is 4.74 Å². The van der Waals surface area contributed by atoms with Crippen LogP contribution in [0.4, 0.5) is 0 Å². The first-order valence-corrected chi connectivity index (χ1v) is 8.23. The van der Waals surface area contributed by atoms with Crippen LogP contribution in [-0.4, -0.2) is 42.3 Å². The number of hydrogen-bond acceptors (Lipinski definition) is 3. The smallest absolute Gasteiger partial charge is 0.0707 e. The van der Waals surface area contributed by atoms with Crippen LogP contribution >= 0.6 is 0 Å². The molecule has 0 aromatic rings. The van der Waals surface area contributed by atoms with Gasteiger partial charge in [0.05, 0.1) is 12.2 Å². The predicted octanol–water partition coefficient (Wildman–Crippen LogP) is 2.39. The number of ether oxygens (including phenoxy) is 1. The fourth-order valence-electron chi connectivity index (χ4n) is 4.50. The Morgan fingerprint density at radius 1 is 1.11 bits per heavy atom. The lowest BCUT2D eigenvalue weighted by molar-refractivity contribution is -0.0893. The molecule has 2 unspecified atom stereocenters. The molecule has 0 spiro atoms. The van der Waals surface area contributed by atoms with Gasteiger partial charge in [-0.25, -0.2) is 0 Å². The van der Waals surface area contributed by atoms with E-state index in [1.807, 2.05) is 0 Å². The molecule has 2 bridgehead atoms. The van der Waals surface area contributed by atoms with E-state index in [-0.39, 0.29) is 5.54 Å². The molecule has 0 radical (unpaired) electrons. The maximum Gasteiger partial charge on any atom is 0.0707 e. The molecular formula is C16H30N2O. The highest BCUT2D eigenvalue weighted by Crippen LogP contribution is 2.41. The Labute approximate surface area is 117 Å². The molecule has 3 rings (SSSR count). The highest BCUT2D eigenvalue weighted by molar-refractivity contribution is 5.00. The van der Waals surface area contributed by atoms with Crippen LogP contribution in [0.3, 0.4) is 0 Å². The predicted molar refractivity (Wildman–Crippen MR) is 78.0 cm³/mol. The summed E-state index contributed by atoms with van der Waals surface area (Å²) in [6.45, 7) is 7.82. The van der Waals surface area contributed by atoms with E-state index < -0.39 is 0 Å². The van der Waals surface area contributed by atoms with E-state index in [9.17, 15) is 0 Å². The Morgan fingerprint density at radius 2 is 1.68 bits per heavy atom. The van der Waals surface area contributed by atoms with Crippen molar-refractivity contribution < 1.29 is 4.74 Å². The van der Waals surface area contributed by atoms with Crippen molar-refractivity contribution in [3.63, 3.8) is 0 Å². The maximum absolute atomic E-state index is 6.22. The van der Waals surface area contributed by atoms with Crippen molar-refractivity contribution >= 4 is 0 Å². The zero-order chi connectivity index (χ0) is 13.5. The van der Waals surface area contributed by atoms with Gasteiger partial charge >= 0.3 is 0 Å². The summed E-state index contributed by atoms with van der Waals surface area (Å²) in [6, 6.07) is 0. The van der Waals surface area contributed by atoms with Crippen LogP contribution in [0.25, 0.3) is 0 Å². The van der Waals surface area contributed by atoms with Crippen LogP contribution in [0.15, 0.2) is 0 Å². The summed E-state index contributed by atoms with van der Waals surface area (Å²) >= 11 is 0. The molecule has 0 aromatic heterocycles. The Kier molecular flexibility index (Phi) is 3.89. The minimum Gasteiger partial charge on any atom is -0.372 e. The van der Waals surface area contributed by atoms with E-state index in [1.165, 1.54) is 38.5 Å². The first-order chi connectivity index (χ1) is 9.13. The third-order valence-corrected chi connectivity index (χ3v) is 6.00. The Bertz CT molecular complexity index is 298. The molecule has 2 N–H and O–H groups in total. The van der Waals surface area contributed by atoms with Gasteiger partial charge < -0.3 is 10.5 Å². The Balaban J connectivity index is 1.67. The number of likely N-dealkylation sites (tertiary alicyclic amines) is 1. The summed E-state index contributed by atoms with van der Waals surface area (Å²) < 4.78 is 5.98. The summed E-state index contributed by atoms with van der Waals surface area (Å²) in [5.41, 5.74) is 6.51. The number of morpholine rings is 1. The van der Waals surface area contributed by atoms with Crippen molar-refractivity contribution in [2.24, 2.45) is 17.6 Å². The van der Waals surface area contributed by atoms with Crippen LogP contribution in [0, 0.1) is 11.8 Å². The molecule has 3 fully saturated rings. The van der Waals surface area contributed by atoms with E-state index in [4.69, 9.17) is 10.5 Å². The summed E-state index contributed by atoms with van der Waals surface area (Å²) in [4.78, 5) is 2.70. The standard InChI is InChI=1S/C16H30N2O/c1-12(2)13-5-7-16(11-17,8-6-13)18-9-14-3-4-15(10-18)19-14/h12-15H,3-11,17H2,1-2H3. The summed E-state index contributed by atoms with van der Waals surface area (Å²) in [5.74, 6) is 1.74. The van der Waals surface area contributed by atoms with Gasteiger partial charge in [-0.1, -0.05) is 13.8 Å². The number of hydrogen-bond donors (Lipinski definition) is 1. The van der Waals surface area contributed by atoms with Crippen molar-refractivity contribution in [1.82, 2.24) is 4.90 Å². The van der Waals surface area contributed by atoms with E-state index in [1.54, 1.807) is 0 Å². The lowest BCUT2D eigenvalue weighted by Crippen LogP contribution is -2.60. The Hall–Kier alpha value is -0.120. The van der Waals surface area contributed by atoms with Gasteiger partial charge in [-0.15, -0.1) is 0 Å². The highest BCUT2D eigenvalue weighted by Gasteiger charge is 2.45. The zero-order valence-electron chi connectivity index (χ0n) is 12.6. The third kappa shape index (κ3) is 2.57. The number of nitrogens with zero attached hydrogens (tertiary/aromatic N) is 1. The normalized spacial score (nSPS) is 43.9. The second-order valence-corrected chi connectivity index (χ2v) is 7.37. The monoisotopic (exact) mass is 266 g/mol. The number of rotatable bonds is 3. The fraction of sp³-hybridized carbons (Fsp3) is 1.00. The average Bonchev–Trinajstić information content (AvgIpc) is 2.77. The topological polar surface area (TPSA) is 38.5 Å². The molecule has 2 atom stereocenters. The molecule has 110 valence electrons.